The van der Waals surface area contributed by atoms with Crippen molar-refractivity contribution in [3.63, 3.8) is 0 Å². The summed E-state index contributed by atoms with van der Waals surface area (Å²) in [6, 6.07) is 28.2. The second-order valence-corrected chi connectivity index (χ2v) is 10.4. The lowest BCUT2D eigenvalue weighted by Crippen LogP contribution is -2.19. The molecule has 0 aliphatic heterocycles. The number of ether oxygens (including phenoxy) is 3. The number of rotatable bonds is 7. The molecule has 0 aliphatic rings. The topological polar surface area (TPSA) is 84.9 Å². The summed E-state index contributed by atoms with van der Waals surface area (Å²) in [6.45, 7) is 8.25. The Kier molecular flexibility index (Phi) is 10.7. The molecule has 0 radical (unpaired) electrons. The van der Waals surface area contributed by atoms with Crippen molar-refractivity contribution in [3.05, 3.63) is 119 Å². The molecule has 0 aromatic heterocycles. The number of carbonyl (C=O) groups excluding carboxylic acids is 2. The Morgan fingerprint density at radius 1 is 0.537 bits per heavy atom. The molecule has 0 saturated carbocycles. The molecule has 0 amide bonds. The Morgan fingerprint density at radius 2 is 0.805 bits per heavy atom. The van der Waals surface area contributed by atoms with Gasteiger partial charge < -0.3 is 19.3 Å². The largest absolute Gasteiger partial charge is 0.872 e. The highest BCUT2D eigenvalue weighted by Crippen LogP contribution is 2.34. The summed E-state index contributed by atoms with van der Waals surface area (Å²) in [7, 11) is 0. The Bertz CT molecular complexity index is 1440. The molecule has 0 unspecified atom stereocenters. The zero-order valence-electron chi connectivity index (χ0n) is 22.1. The first kappa shape index (κ1) is 32.9. The van der Waals surface area contributed by atoms with Gasteiger partial charge in [-0.3, -0.25) is 0 Å². The van der Waals surface area contributed by atoms with E-state index in [1.807, 2.05) is 48.5 Å². The third kappa shape index (κ3) is 7.89. The fraction of sp³-hybridized carbons (Fsp3) is 0.235. The van der Waals surface area contributed by atoms with Gasteiger partial charge >= 0.3 is 11.6 Å². The van der Waals surface area contributed by atoms with Gasteiger partial charge in [0, 0.05) is 22.4 Å². The predicted molar refractivity (Wildman–Crippen MR) is 161 cm³/mol. The molecule has 216 valence electrons. The van der Waals surface area contributed by atoms with E-state index in [9.17, 15) is 14.7 Å². The van der Waals surface area contributed by atoms with Gasteiger partial charge in [0.25, 0.3) is 0 Å². The van der Waals surface area contributed by atoms with E-state index in [1.165, 1.54) is 0 Å². The highest BCUT2D eigenvalue weighted by atomic mass is 35.5. The van der Waals surface area contributed by atoms with E-state index in [2.05, 4.69) is 27.7 Å². The van der Waals surface area contributed by atoms with E-state index in [1.54, 1.807) is 48.5 Å². The fourth-order valence-corrected chi connectivity index (χ4v) is 4.42. The van der Waals surface area contributed by atoms with Crippen molar-refractivity contribution in [1.82, 2.24) is 0 Å². The van der Waals surface area contributed by atoms with Crippen molar-refractivity contribution in [2.24, 2.45) is 0 Å². The van der Waals surface area contributed by atoms with Crippen molar-refractivity contribution in [2.75, 3.05) is 0 Å². The molecule has 0 fully saturated rings. The zero-order chi connectivity index (χ0) is 28.2. The van der Waals surface area contributed by atoms with E-state index in [4.69, 9.17) is 25.8 Å². The van der Waals surface area contributed by atoms with Gasteiger partial charge in [-0.25, -0.2) is 9.59 Å². The maximum absolute atomic E-state index is 12.4. The lowest BCUT2D eigenvalue weighted by atomic mass is 9.78. The van der Waals surface area contributed by atoms with Crippen LogP contribution in [0.25, 0.3) is 0 Å². The van der Waals surface area contributed by atoms with Gasteiger partial charge in [0.15, 0.2) is 0 Å². The Morgan fingerprint density at radius 3 is 1.10 bits per heavy atom. The average Bonchev–Trinajstić information content (AvgIpc) is 2.89. The highest BCUT2D eigenvalue weighted by Gasteiger charge is 2.24. The predicted octanol–water partition coefficient (Wildman–Crippen LogP) is 9.00. The minimum Gasteiger partial charge on any atom is -0.872 e. The molecular weight excluding hydrogens is 540 g/mol. The second-order valence-electron chi connectivity index (χ2n) is 10.1. The second kappa shape index (κ2) is 13.4. The summed E-state index contributed by atoms with van der Waals surface area (Å²) >= 11 is 5.27. The van der Waals surface area contributed by atoms with Gasteiger partial charge in [0.05, 0.1) is 0 Å². The molecule has 0 N–H and O–H groups in total. The van der Waals surface area contributed by atoms with Crippen LogP contribution < -0.4 is 19.3 Å². The summed E-state index contributed by atoms with van der Waals surface area (Å²) < 4.78 is 15.6. The summed E-state index contributed by atoms with van der Waals surface area (Å²) in [5, 5.41) is 11.4. The third-order valence-corrected chi connectivity index (χ3v) is 6.98. The SMILES string of the molecule is C.C.CC(C)(c1ccc([O-])cc1)c1ccc(OC(=O)Oc2ccc(C(C)(C)c3ccc(OC(=O)Cl)cc3)cc2)cc1. The van der Waals surface area contributed by atoms with Crippen molar-refractivity contribution in [3.8, 4) is 23.0 Å². The minimum absolute atomic E-state index is 0. The number of carbonyl (C=O) groups is 2. The lowest BCUT2D eigenvalue weighted by Gasteiger charge is -2.27. The molecule has 4 aromatic rings. The number of hydrogen-bond donors (Lipinski definition) is 0. The Balaban J connectivity index is 0.00000294. The first-order valence-corrected chi connectivity index (χ1v) is 12.7. The van der Waals surface area contributed by atoms with Crippen LogP contribution in [0.15, 0.2) is 97.1 Å². The molecule has 0 spiro atoms. The number of halogens is 1. The lowest BCUT2D eigenvalue weighted by molar-refractivity contribution is -0.268. The van der Waals surface area contributed by atoms with Crippen molar-refractivity contribution in [2.45, 2.75) is 53.4 Å². The maximum Gasteiger partial charge on any atom is 0.519 e. The first-order chi connectivity index (χ1) is 18.4. The van der Waals surface area contributed by atoms with E-state index >= 15 is 0 Å². The van der Waals surface area contributed by atoms with Gasteiger partial charge in [-0.1, -0.05) is 103 Å². The van der Waals surface area contributed by atoms with Crippen LogP contribution in [0.5, 0.6) is 23.0 Å². The molecule has 7 heteroatoms. The standard InChI is InChI=1S/C32H29ClO6.2CH4/c1-31(2,21-5-13-25(34)14-6-21)23-9-17-27(18-10-23)38-30(36)39-28-19-11-24(12-20-28)32(3,4)22-7-15-26(16-8-22)37-29(33)35;;/h5-20,34H,1-4H3;2*1H4/p-1. The number of hydrogen-bond acceptors (Lipinski definition) is 6. The Labute approximate surface area is 247 Å². The smallest absolute Gasteiger partial charge is 0.519 e. The monoisotopic (exact) mass is 575 g/mol. The van der Waals surface area contributed by atoms with Crippen LogP contribution in [0.4, 0.5) is 9.59 Å². The van der Waals surface area contributed by atoms with Crippen molar-refractivity contribution >= 4 is 23.2 Å². The molecule has 41 heavy (non-hydrogen) atoms. The van der Waals surface area contributed by atoms with E-state index in [-0.39, 0.29) is 31.4 Å². The normalized spacial score (nSPS) is 11.0. The molecule has 4 aromatic carbocycles. The van der Waals surface area contributed by atoms with Gasteiger partial charge in [-0.05, 0) is 58.7 Å². The minimum atomic E-state index is -0.888. The van der Waals surface area contributed by atoms with Crippen LogP contribution >= 0.6 is 11.6 Å². The quantitative estimate of drug-likeness (QED) is 0.124. The van der Waals surface area contributed by atoms with Crippen LogP contribution in [-0.4, -0.2) is 11.6 Å². The van der Waals surface area contributed by atoms with Gasteiger partial charge in [0.2, 0.25) is 0 Å². The van der Waals surface area contributed by atoms with E-state index in [0.29, 0.717) is 17.2 Å². The van der Waals surface area contributed by atoms with Gasteiger partial charge in [-0.15, -0.1) is 5.75 Å². The van der Waals surface area contributed by atoms with Crippen LogP contribution in [-0.2, 0) is 10.8 Å². The molecule has 6 nitrogen and oxygen atoms in total. The third-order valence-electron chi connectivity index (χ3n) is 6.90. The molecule has 0 bridgehead atoms. The summed E-state index contributed by atoms with van der Waals surface area (Å²) in [5.74, 6) is 1.04. The summed E-state index contributed by atoms with van der Waals surface area (Å²) in [6.07, 6.45) is -0.843. The van der Waals surface area contributed by atoms with E-state index < -0.39 is 11.6 Å². The van der Waals surface area contributed by atoms with Crippen molar-refractivity contribution < 1.29 is 28.9 Å². The molecule has 4 rings (SSSR count). The zero-order valence-corrected chi connectivity index (χ0v) is 22.8. The molecular formula is C34H36ClO6-. The van der Waals surface area contributed by atoms with E-state index in [0.717, 1.165) is 22.3 Å². The summed E-state index contributed by atoms with van der Waals surface area (Å²) in [5.41, 5.74) is 2.43. The number of benzene rings is 4. The Hall–Kier alpha value is -4.29. The maximum atomic E-state index is 12.4. The van der Waals surface area contributed by atoms with Crippen LogP contribution in [0.2, 0.25) is 0 Å². The molecule has 0 saturated heterocycles. The average molecular weight is 576 g/mol. The highest BCUT2D eigenvalue weighted by molar-refractivity contribution is 6.61. The van der Waals surface area contributed by atoms with Crippen molar-refractivity contribution in [1.29, 1.82) is 0 Å². The van der Waals surface area contributed by atoms with Gasteiger partial charge in [0.1, 0.15) is 17.2 Å². The van der Waals surface area contributed by atoms with Crippen LogP contribution in [0, 0.1) is 0 Å². The van der Waals surface area contributed by atoms with Gasteiger partial charge in [-0.2, -0.15) is 0 Å². The first-order valence-electron chi connectivity index (χ1n) is 12.3. The fourth-order valence-electron chi connectivity index (χ4n) is 4.33. The van der Waals surface area contributed by atoms with Crippen LogP contribution in [0.3, 0.4) is 0 Å². The summed E-state index contributed by atoms with van der Waals surface area (Å²) in [4.78, 5) is 23.3. The molecule has 0 heterocycles. The molecule has 0 aliphatic carbocycles. The van der Waals surface area contributed by atoms with Crippen LogP contribution in [0.1, 0.15) is 64.8 Å². The molecule has 0 atom stereocenters.